The lowest BCUT2D eigenvalue weighted by molar-refractivity contribution is 0.0801. The van der Waals surface area contributed by atoms with Crippen molar-refractivity contribution in [2.75, 3.05) is 26.7 Å². The van der Waals surface area contributed by atoms with E-state index in [4.69, 9.17) is 4.74 Å². The first-order chi connectivity index (χ1) is 10.1. The van der Waals surface area contributed by atoms with Crippen molar-refractivity contribution < 1.29 is 9.13 Å². The summed E-state index contributed by atoms with van der Waals surface area (Å²) in [5.41, 5.74) is 0.754. The molecule has 0 saturated carbocycles. The molecule has 0 aromatic heterocycles. The van der Waals surface area contributed by atoms with Gasteiger partial charge in [0.05, 0.1) is 6.10 Å². The van der Waals surface area contributed by atoms with Gasteiger partial charge in [0.1, 0.15) is 5.82 Å². The second kappa shape index (κ2) is 7.87. The van der Waals surface area contributed by atoms with Gasteiger partial charge in [-0.05, 0) is 39.4 Å². The summed E-state index contributed by atoms with van der Waals surface area (Å²) in [5, 5.41) is 3.47. The molecule has 0 amide bonds. The third kappa shape index (κ3) is 4.25. The van der Waals surface area contributed by atoms with E-state index in [1.165, 1.54) is 6.07 Å². The van der Waals surface area contributed by atoms with Gasteiger partial charge in [0.25, 0.3) is 0 Å². The average Bonchev–Trinajstić information content (AvgIpc) is 2.90. The van der Waals surface area contributed by atoms with E-state index < -0.39 is 0 Å². The number of nitrogens with zero attached hydrogens (tertiary/aromatic N) is 1. The molecule has 118 valence electrons. The van der Waals surface area contributed by atoms with Gasteiger partial charge in [-0.15, -0.1) is 0 Å². The fraction of sp³-hybridized carbons (Fsp3) is 0.647. The lowest BCUT2D eigenvalue weighted by Gasteiger charge is -2.31. The Morgan fingerprint density at radius 3 is 2.81 bits per heavy atom. The molecule has 2 rings (SSSR count). The van der Waals surface area contributed by atoms with Crippen LogP contribution in [0.4, 0.5) is 4.39 Å². The molecule has 0 bridgehead atoms. The summed E-state index contributed by atoms with van der Waals surface area (Å²) in [7, 11) is 2.11. The highest BCUT2D eigenvalue weighted by Crippen LogP contribution is 2.23. The Hall–Kier alpha value is -0.970. The Morgan fingerprint density at radius 1 is 1.43 bits per heavy atom. The summed E-state index contributed by atoms with van der Waals surface area (Å²) >= 11 is 0. The summed E-state index contributed by atoms with van der Waals surface area (Å²) in [6.45, 7) is 6.75. The van der Waals surface area contributed by atoms with Crippen LogP contribution in [0.15, 0.2) is 24.3 Å². The van der Waals surface area contributed by atoms with Crippen LogP contribution >= 0.6 is 0 Å². The molecular weight excluding hydrogens is 267 g/mol. The van der Waals surface area contributed by atoms with Crippen molar-refractivity contribution in [1.82, 2.24) is 10.2 Å². The first kappa shape index (κ1) is 16.4. The predicted octanol–water partition coefficient (Wildman–Crippen LogP) is 2.98. The van der Waals surface area contributed by atoms with Gasteiger partial charge in [0.15, 0.2) is 0 Å². The van der Waals surface area contributed by atoms with Crippen molar-refractivity contribution in [2.24, 2.45) is 0 Å². The predicted molar refractivity (Wildman–Crippen MR) is 83.9 cm³/mol. The van der Waals surface area contributed by atoms with Crippen molar-refractivity contribution in [3.63, 3.8) is 0 Å². The smallest absolute Gasteiger partial charge is 0.128 e. The summed E-state index contributed by atoms with van der Waals surface area (Å²) in [6.07, 6.45) is 2.34. The van der Waals surface area contributed by atoms with Crippen molar-refractivity contribution in [3.8, 4) is 0 Å². The van der Waals surface area contributed by atoms with Crippen LogP contribution in [0.1, 0.15) is 38.3 Å². The molecule has 1 aromatic carbocycles. The Kier molecular flexibility index (Phi) is 6.15. The lowest BCUT2D eigenvalue weighted by Crippen LogP contribution is -2.42. The van der Waals surface area contributed by atoms with Gasteiger partial charge >= 0.3 is 0 Å². The van der Waals surface area contributed by atoms with Gasteiger partial charge in [-0.2, -0.15) is 0 Å². The maximum absolute atomic E-state index is 14.1. The molecule has 0 aliphatic carbocycles. The average molecular weight is 294 g/mol. The molecule has 3 nitrogen and oxygen atoms in total. The molecule has 1 aliphatic rings. The summed E-state index contributed by atoms with van der Waals surface area (Å²) in [5.74, 6) is -0.129. The highest BCUT2D eigenvalue weighted by molar-refractivity contribution is 5.21. The van der Waals surface area contributed by atoms with Crippen LogP contribution in [0.3, 0.4) is 0 Å². The van der Waals surface area contributed by atoms with Gasteiger partial charge in [0.2, 0.25) is 0 Å². The number of halogens is 1. The monoisotopic (exact) mass is 294 g/mol. The number of likely N-dealkylation sites (N-methyl/N-ethyl adjacent to an activating group) is 1. The number of ether oxygens (including phenoxy) is 1. The van der Waals surface area contributed by atoms with E-state index in [-0.39, 0.29) is 18.0 Å². The fourth-order valence-corrected chi connectivity index (χ4v) is 3.07. The van der Waals surface area contributed by atoms with E-state index in [1.54, 1.807) is 6.07 Å². The summed E-state index contributed by atoms with van der Waals surface area (Å²) in [4.78, 5) is 2.30. The molecule has 1 aromatic rings. The number of nitrogens with one attached hydrogen (secondary N) is 1. The van der Waals surface area contributed by atoms with Gasteiger partial charge in [-0.25, -0.2) is 4.39 Å². The molecular formula is C17H27FN2O. The lowest BCUT2D eigenvalue weighted by atomic mass is 10.0. The van der Waals surface area contributed by atoms with Gasteiger partial charge < -0.3 is 10.1 Å². The van der Waals surface area contributed by atoms with Crippen molar-refractivity contribution >= 4 is 0 Å². The molecule has 1 fully saturated rings. The third-order valence-electron chi connectivity index (χ3n) is 4.29. The van der Waals surface area contributed by atoms with E-state index in [9.17, 15) is 4.39 Å². The number of hydrogen-bond donors (Lipinski definition) is 1. The minimum atomic E-state index is -0.129. The zero-order valence-corrected chi connectivity index (χ0v) is 13.3. The van der Waals surface area contributed by atoms with Crippen molar-refractivity contribution in [3.05, 3.63) is 35.6 Å². The molecule has 0 spiro atoms. The van der Waals surface area contributed by atoms with Crippen molar-refractivity contribution in [2.45, 2.75) is 44.9 Å². The molecule has 1 N–H and O–H groups in total. The third-order valence-corrected chi connectivity index (χ3v) is 4.29. The highest BCUT2D eigenvalue weighted by Gasteiger charge is 2.29. The Balaban J connectivity index is 2.07. The second-order valence-corrected chi connectivity index (χ2v) is 5.90. The van der Waals surface area contributed by atoms with Crippen LogP contribution < -0.4 is 5.32 Å². The number of rotatable bonds is 7. The molecule has 1 aliphatic heterocycles. The Labute approximate surface area is 127 Å². The minimum absolute atomic E-state index is 0.0175. The first-order valence-corrected chi connectivity index (χ1v) is 7.93. The van der Waals surface area contributed by atoms with Crippen LogP contribution in [0.5, 0.6) is 0 Å². The topological polar surface area (TPSA) is 24.5 Å². The first-order valence-electron chi connectivity index (χ1n) is 7.93. The van der Waals surface area contributed by atoms with Crippen LogP contribution in [-0.4, -0.2) is 43.8 Å². The normalized spacial score (nSPS) is 23.7. The molecule has 21 heavy (non-hydrogen) atoms. The molecule has 3 unspecified atom stereocenters. The molecule has 1 heterocycles. The SMILES string of the molecule is CCCNC(CN(C)C1CCOC1C)c1ccccc1F. The van der Waals surface area contributed by atoms with Gasteiger partial charge in [-0.3, -0.25) is 4.90 Å². The minimum Gasteiger partial charge on any atom is -0.377 e. The number of hydrogen-bond acceptors (Lipinski definition) is 3. The Bertz CT molecular complexity index is 441. The van der Waals surface area contributed by atoms with Crippen LogP contribution in [0.25, 0.3) is 0 Å². The van der Waals surface area contributed by atoms with Crippen molar-refractivity contribution in [1.29, 1.82) is 0 Å². The van der Waals surface area contributed by atoms with E-state index in [0.717, 1.165) is 38.1 Å². The van der Waals surface area contributed by atoms with Crippen LogP contribution in [-0.2, 0) is 4.74 Å². The largest absolute Gasteiger partial charge is 0.377 e. The van der Waals surface area contributed by atoms with E-state index in [0.29, 0.717) is 6.04 Å². The zero-order valence-electron chi connectivity index (χ0n) is 13.3. The number of benzene rings is 1. The fourth-order valence-electron chi connectivity index (χ4n) is 3.07. The van der Waals surface area contributed by atoms with Gasteiger partial charge in [-0.1, -0.05) is 25.1 Å². The summed E-state index contributed by atoms with van der Waals surface area (Å²) in [6, 6.07) is 7.50. The quantitative estimate of drug-likeness (QED) is 0.837. The van der Waals surface area contributed by atoms with Gasteiger partial charge in [0, 0.05) is 30.8 Å². The van der Waals surface area contributed by atoms with E-state index >= 15 is 0 Å². The summed E-state index contributed by atoms with van der Waals surface area (Å²) < 4.78 is 19.7. The van der Waals surface area contributed by atoms with Crippen LogP contribution in [0, 0.1) is 5.82 Å². The van der Waals surface area contributed by atoms with E-state index in [2.05, 4.69) is 31.1 Å². The molecule has 1 saturated heterocycles. The van der Waals surface area contributed by atoms with E-state index in [1.807, 2.05) is 12.1 Å². The molecule has 3 atom stereocenters. The maximum atomic E-state index is 14.1. The zero-order chi connectivity index (χ0) is 15.2. The standard InChI is InChI=1S/C17H27FN2O/c1-4-10-19-16(14-7-5-6-8-15(14)18)12-20(3)17-9-11-21-13(17)2/h5-8,13,16-17,19H,4,9-12H2,1-3H3. The molecule has 0 radical (unpaired) electrons. The molecule has 4 heteroatoms. The second-order valence-electron chi connectivity index (χ2n) is 5.90. The van der Waals surface area contributed by atoms with Crippen LogP contribution in [0.2, 0.25) is 0 Å². The highest BCUT2D eigenvalue weighted by atomic mass is 19.1. The Morgan fingerprint density at radius 2 is 2.19 bits per heavy atom. The maximum Gasteiger partial charge on any atom is 0.128 e.